The fourth-order valence-electron chi connectivity index (χ4n) is 11.7. The molecule has 0 spiro atoms. The summed E-state index contributed by atoms with van der Waals surface area (Å²) in [5.74, 6) is 0.199. The number of carbonyl (C=O) groups excluding carboxylic acids is 5. The second-order valence-electron chi connectivity index (χ2n) is 25.5. The molecule has 0 aromatic carbocycles. The fraction of sp³-hybridized carbons (Fsp3) is 0.889. The molecule has 2 saturated heterocycles. The smallest absolute Gasteiger partial charge is 0.329 e. The number of nitrogens with two attached hydrogens (primary N) is 1. The summed E-state index contributed by atoms with van der Waals surface area (Å²) in [5.41, 5.74) is 4.23. The van der Waals surface area contributed by atoms with E-state index >= 15 is 0 Å². The molecule has 2 heterocycles. The van der Waals surface area contributed by atoms with Crippen molar-refractivity contribution in [3.05, 3.63) is 0 Å². The van der Waals surface area contributed by atoms with E-state index in [0.717, 1.165) is 64.2 Å². The van der Waals surface area contributed by atoms with Crippen LogP contribution < -0.4 is 11.1 Å². The second kappa shape index (κ2) is 23.1. The summed E-state index contributed by atoms with van der Waals surface area (Å²) < 4.78 is 11.4. The highest BCUT2D eigenvalue weighted by Crippen LogP contribution is 2.45. The molecule has 2 aliphatic heterocycles. The molecule has 13 nitrogen and oxygen atoms in total. The molecule has 0 radical (unpaired) electrons. The zero-order valence-corrected chi connectivity index (χ0v) is 44.3. The van der Waals surface area contributed by atoms with Crippen molar-refractivity contribution in [3.8, 4) is 0 Å². The molecule has 4 aliphatic carbocycles. The quantitative estimate of drug-likeness (QED) is 0.188. The molecule has 6 aliphatic rings. The van der Waals surface area contributed by atoms with Crippen molar-refractivity contribution in [2.24, 2.45) is 63.9 Å². The molecule has 4 N–H and O–H groups in total. The van der Waals surface area contributed by atoms with Crippen LogP contribution in [-0.2, 0) is 38.2 Å². The maximum absolute atomic E-state index is 13.9. The number of amides is 3. The number of fused-ring (bicyclic) bond motifs is 2. The first-order valence-electron chi connectivity index (χ1n) is 26.3. The summed E-state index contributed by atoms with van der Waals surface area (Å²) >= 11 is 0. The molecular formula is C54H94N4O9. The van der Waals surface area contributed by atoms with Gasteiger partial charge in [-0.05, 0) is 139 Å². The van der Waals surface area contributed by atoms with Gasteiger partial charge >= 0.3 is 17.9 Å². The van der Waals surface area contributed by atoms with Crippen LogP contribution in [0.4, 0.5) is 0 Å². The van der Waals surface area contributed by atoms with Gasteiger partial charge in [0.15, 0.2) is 0 Å². The van der Waals surface area contributed by atoms with Gasteiger partial charge in [0, 0.05) is 19.0 Å². The Labute approximate surface area is 404 Å². The van der Waals surface area contributed by atoms with Gasteiger partial charge in [-0.3, -0.25) is 19.2 Å². The number of likely N-dealkylation sites (tertiary alicyclic amines) is 2. The third kappa shape index (κ3) is 15.4. The number of hydrogen-bond donors (Lipinski definition) is 3. The molecule has 13 heteroatoms. The Morgan fingerprint density at radius 3 is 1.28 bits per heavy atom. The van der Waals surface area contributed by atoms with Gasteiger partial charge in [-0.25, -0.2) is 9.59 Å². The minimum atomic E-state index is -0.667. The minimum absolute atomic E-state index is 0.0385. The predicted molar refractivity (Wildman–Crippen MR) is 262 cm³/mol. The standard InChI is InChI=1S/C27H46N2O4.C18H32N2O3.C9H16O2/c1-17(18-12-9-8-10-13-18)23(30)28-22(26(2,3)4)24(31)29-16-19-14-11-15-20(19)21(29)25(32)33-27(5,6)7;1-17(2,3)14(19)15(21)20-10-11-8-7-9-12(11)13(20)16(22)23-18(4,5)6;1-7(9(10)11)8-5-3-2-4-6-8/h17-22H,8-16H2,1-7H3,(H,28,30);11-14H,7-10,19H2,1-6H3;7-8H,2-6H2,1H3,(H,10,11)/t17-,19-,20-,21-,22+;11-,12-,13-,14+;7-/m000/s1. The number of nitrogens with zero attached hydrogens (tertiary/aromatic N) is 2. The van der Waals surface area contributed by atoms with Crippen LogP contribution in [0.3, 0.4) is 0 Å². The van der Waals surface area contributed by atoms with Crippen LogP contribution in [0.25, 0.3) is 0 Å². The first-order valence-corrected chi connectivity index (χ1v) is 26.3. The van der Waals surface area contributed by atoms with Crippen LogP contribution >= 0.6 is 0 Å². The lowest BCUT2D eigenvalue weighted by atomic mass is 9.79. The topological polar surface area (TPSA) is 186 Å². The molecule has 4 saturated carbocycles. The van der Waals surface area contributed by atoms with Crippen LogP contribution in [-0.4, -0.2) is 99.0 Å². The van der Waals surface area contributed by atoms with E-state index in [2.05, 4.69) is 5.32 Å². The number of carboxylic acid groups (broad SMARTS) is 1. The molecule has 0 bridgehead atoms. The molecule has 67 heavy (non-hydrogen) atoms. The number of aliphatic carboxylic acids is 1. The predicted octanol–water partition coefficient (Wildman–Crippen LogP) is 9.32. The van der Waals surface area contributed by atoms with Crippen molar-refractivity contribution in [1.29, 1.82) is 0 Å². The third-order valence-electron chi connectivity index (χ3n) is 15.8. The third-order valence-corrected chi connectivity index (χ3v) is 15.8. The average Bonchev–Trinajstić information content (AvgIpc) is 4.03. The molecule has 6 fully saturated rings. The van der Waals surface area contributed by atoms with Gasteiger partial charge in [-0.1, -0.05) is 107 Å². The van der Waals surface area contributed by atoms with Crippen LogP contribution in [0, 0.1) is 58.2 Å². The summed E-state index contributed by atoms with van der Waals surface area (Å²) in [4.78, 5) is 80.1. The van der Waals surface area contributed by atoms with E-state index < -0.39 is 46.8 Å². The van der Waals surface area contributed by atoms with Crippen molar-refractivity contribution in [2.45, 2.75) is 235 Å². The molecular weight excluding hydrogens is 849 g/mol. The first-order chi connectivity index (χ1) is 30.9. The monoisotopic (exact) mass is 943 g/mol. The molecule has 6 rings (SSSR count). The Kier molecular flexibility index (Phi) is 19.5. The van der Waals surface area contributed by atoms with Crippen molar-refractivity contribution in [2.75, 3.05) is 13.1 Å². The van der Waals surface area contributed by atoms with E-state index in [1.54, 1.807) is 9.80 Å². The lowest BCUT2D eigenvalue weighted by molar-refractivity contribution is -0.166. The fourth-order valence-corrected chi connectivity index (χ4v) is 11.7. The maximum Gasteiger partial charge on any atom is 0.329 e. The zero-order valence-electron chi connectivity index (χ0n) is 44.3. The largest absolute Gasteiger partial charge is 0.481 e. The molecule has 0 aromatic rings. The SMILES string of the molecule is CC(C)(C)OC(=O)[C@@H]1[C@H]2CCC[C@H]2CN1C(=O)[C@@H](N)C(C)(C)C.C[C@H](C(=O)N[C@H](C(=O)N1C[C@@H]2CCC[C@@H]2[C@H]1C(=O)OC(C)(C)C)C(C)(C)C)C1CCCCC1.C[C@H](C(=O)O)C1CCCCC1. The first kappa shape index (κ1) is 56.4. The van der Waals surface area contributed by atoms with Crippen molar-refractivity contribution >= 4 is 35.6 Å². The van der Waals surface area contributed by atoms with Gasteiger partial charge in [0.2, 0.25) is 17.7 Å². The van der Waals surface area contributed by atoms with Gasteiger partial charge in [-0.2, -0.15) is 0 Å². The number of ether oxygens (including phenoxy) is 2. The number of rotatable bonds is 9. The van der Waals surface area contributed by atoms with Gasteiger partial charge in [0.1, 0.15) is 29.3 Å². The Hall–Kier alpha value is -3.22. The van der Waals surface area contributed by atoms with E-state index in [0.29, 0.717) is 36.8 Å². The summed E-state index contributed by atoms with van der Waals surface area (Å²) in [5, 5.41) is 11.9. The van der Waals surface area contributed by atoms with Crippen LogP contribution in [0.2, 0.25) is 0 Å². The number of carbonyl (C=O) groups is 6. The van der Waals surface area contributed by atoms with E-state index in [1.165, 1.54) is 38.5 Å². The van der Waals surface area contributed by atoms with Crippen LogP contribution in [0.15, 0.2) is 0 Å². The number of carboxylic acids is 1. The lowest BCUT2D eigenvalue weighted by Crippen LogP contribution is -2.58. The molecule has 0 aromatic heterocycles. The van der Waals surface area contributed by atoms with Gasteiger partial charge < -0.3 is 35.4 Å². The van der Waals surface area contributed by atoms with Crippen LogP contribution in [0.5, 0.6) is 0 Å². The normalized spacial score (nSPS) is 27.7. The van der Waals surface area contributed by atoms with Crippen molar-refractivity contribution < 1.29 is 43.3 Å². The highest BCUT2D eigenvalue weighted by molar-refractivity contribution is 5.93. The van der Waals surface area contributed by atoms with Gasteiger partial charge in [0.25, 0.3) is 0 Å². The highest BCUT2D eigenvalue weighted by Gasteiger charge is 2.54. The summed E-state index contributed by atoms with van der Waals surface area (Å²) in [7, 11) is 0. The van der Waals surface area contributed by atoms with E-state index in [1.807, 2.05) is 96.9 Å². The molecule has 384 valence electrons. The van der Waals surface area contributed by atoms with E-state index in [9.17, 15) is 28.8 Å². The van der Waals surface area contributed by atoms with Crippen LogP contribution in [0.1, 0.15) is 200 Å². The van der Waals surface area contributed by atoms with Crippen molar-refractivity contribution in [3.63, 3.8) is 0 Å². The average molecular weight is 943 g/mol. The summed E-state index contributed by atoms with van der Waals surface area (Å²) in [6, 6.07) is -2.30. The second-order valence-corrected chi connectivity index (χ2v) is 25.5. The summed E-state index contributed by atoms with van der Waals surface area (Å²) in [6.07, 6.45) is 18.0. The summed E-state index contributed by atoms with van der Waals surface area (Å²) in [6.45, 7) is 28.0. The number of hydrogen-bond acceptors (Lipinski definition) is 9. The number of esters is 2. The Morgan fingerprint density at radius 2 is 0.925 bits per heavy atom. The number of nitrogens with one attached hydrogen (secondary N) is 1. The molecule has 10 atom stereocenters. The maximum atomic E-state index is 13.9. The minimum Gasteiger partial charge on any atom is -0.481 e. The van der Waals surface area contributed by atoms with Gasteiger partial charge in [-0.15, -0.1) is 0 Å². The Balaban J connectivity index is 0.000000248. The zero-order chi connectivity index (χ0) is 50.4. The Morgan fingerprint density at radius 1 is 0.537 bits per heavy atom. The molecule has 0 unspecified atom stereocenters. The van der Waals surface area contributed by atoms with E-state index in [-0.39, 0.29) is 58.7 Å². The van der Waals surface area contributed by atoms with E-state index in [4.69, 9.17) is 20.3 Å². The highest BCUT2D eigenvalue weighted by atomic mass is 16.6. The Bertz CT molecular complexity index is 1690. The lowest BCUT2D eigenvalue weighted by Gasteiger charge is -2.37. The molecule has 3 amide bonds. The van der Waals surface area contributed by atoms with Crippen molar-refractivity contribution in [1.82, 2.24) is 15.1 Å². The van der Waals surface area contributed by atoms with Gasteiger partial charge in [0.05, 0.1) is 12.0 Å².